The first kappa shape index (κ1) is 12.9. The summed E-state index contributed by atoms with van der Waals surface area (Å²) in [5, 5.41) is 3.30. The first-order valence-corrected chi connectivity index (χ1v) is 6.51. The van der Waals surface area contributed by atoms with Crippen LogP contribution in [0.4, 0.5) is 5.69 Å². The molecule has 94 valence electrons. The van der Waals surface area contributed by atoms with Gasteiger partial charge in [0.1, 0.15) is 0 Å². The fourth-order valence-corrected chi connectivity index (χ4v) is 1.97. The summed E-state index contributed by atoms with van der Waals surface area (Å²) >= 11 is 3.48. The summed E-state index contributed by atoms with van der Waals surface area (Å²) < 4.78 is 2.68. The fourth-order valence-electron chi connectivity index (χ4n) is 1.72. The summed E-state index contributed by atoms with van der Waals surface area (Å²) in [5.41, 5.74) is 3.37. The van der Waals surface area contributed by atoms with Crippen molar-refractivity contribution in [2.75, 3.05) is 5.32 Å². The molecule has 4 heteroatoms. The SMILES string of the molecule is Cc1cc(CNc2ccc(=O)n(C)c2)ccc1Br. The molecular formula is C14H15BrN2O. The van der Waals surface area contributed by atoms with Crippen LogP contribution in [0.3, 0.4) is 0 Å². The largest absolute Gasteiger partial charge is 0.380 e. The monoisotopic (exact) mass is 306 g/mol. The molecule has 0 spiro atoms. The molecule has 3 nitrogen and oxygen atoms in total. The van der Waals surface area contributed by atoms with Gasteiger partial charge in [0.05, 0.1) is 5.69 Å². The Balaban J connectivity index is 2.09. The van der Waals surface area contributed by atoms with E-state index >= 15 is 0 Å². The quantitative estimate of drug-likeness (QED) is 0.945. The second-order valence-corrected chi connectivity index (χ2v) is 5.16. The van der Waals surface area contributed by atoms with Crippen molar-refractivity contribution >= 4 is 21.6 Å². The van der Waals surface area contributed by atoms with Gasteiger partial charge in [-0.25, -0.2) is 0 Å². The van der Waals surface area contributed by atoms with Crippen molar-refractivity contribution in [3.8, 4) is 0 Å². The minimum absolute atomic E-state index is 0.0000335. The van der Waals surface area contributed by atoms with E-state index in [1.165, 1.54) is 11.1 Å². The normalized spacial score (nSPS) is 10.4. The third-order valence-corrected chi connectivity index (χ3v) is 3.69. The molecule has 1 heterocycles. The number of anilines is 1. The second kappa shape index (κ2) is 5.40. The summed E-state index contributed by atoms with van der Waals surface area (Å²) in [4.78, 5) is 11.3. The lowest BCUT2D eigenvalue weighted by Gasteiger charge is -2.09. The lowest BCUT2D eigenvalue weighted by atomic mass is 10.1. The van der Waals surface area contributed by atoms with E-state index in [9.17, 15) is 4.79 Å². The Kier molecular flexibility index (Phi) is 3.87. The molecular weight excluding hydrogens is 292 g/mol. The Hall–Kier alpha value is -1.55. The number of benzene rings is 1. The molecule has 0 radical (unpaired) electrons. The Morgan fingerprint density at radius 3 is 2.72 bits per heavy atom. The maximum absolute atomic E-state index is 11.3. The van der Waals surface area contributed by atoms with Gasteiger partial charge in [-0.15, -0.1) is 0 Å². The van der Waals surface area contributed by atoms with E-state index < -0.39 is 0 Å². The molecule has 0 saturated heterocycles. The van der Waals surface area contributed by atoms with Gasteiger partial charge in [0, 0.05) is 30.3 Å². The predicted molar refractivity (Wildman–Crippen MR) is 77.9 cm³/mol. The summed E-state index contributed by atoms with van der Waals surface area (Å²) in [7, 11) is 1.75. The van der Waals surface area contributed by atoms with Crippen LogP contribution in [-0.4, -0.2) is 4.57 Å². The van der Waals surface area contributed by atoms with Crippen LogP contribution in [0.5, 0.6) is 0 Å². The number of hydrogen-bond donors (Lipinski definition) is 1. The van der Waals surface area contributed by atoms with Gasteiger partial charge in [0.25, 0.3) is 0 Å². The van der Waals surface area contributed by atoms with Crippen LogP contribution in [0.15, 0.2) is 45.8 Å². The molecule has 0 atom stereocenters. The highest BCUT2D eigenvalue weighted by Crippen LogP contribution is 2.17. The van der Waals surface area contributed by atoms with Crippen molar-refractivity contribution in [1.29, 1.82) is 0 Å². The Bertz CT molecular complexity index is 619. The number of rotatable bonds is 3. The van der Waals surface area contributed by atoms with Gasteiger partial charge < -0.3 is 9.88 Å². The lowest BCUT2D eigenvalue weighted by molar-refractivity contribution is 0.859. The lowest BCUT2D eigenvalue weighted by Crippen LogP contribution is -2.15. The van der Waals surface area contributed by atoms with Crippen LogP contribution in [0.2, 0.25) is 0 Å². The highest BCUT2D eigenvalue weighted by Gasteiger charge is 1.99. The summed E-state index contributed by atoms with van der Waals surface area (Å²) in [6, 6.07) is 9.63. The van der Waals surface area contributed by atoms with Crippen molar-refractivity contribution in [3.63, 3.8) is 0 Å². The number of nitrogens with one attached hydrogen (secondary N) is 1. The second-order valence-electron chi connectivity index (χ2n) is 4.30. The maximum atomic E-state index is 11.3. The zero-order chi connectivity index (χ0) is 13.1. The molecule has 0 aliphatic carbocycles. The predicted octanol–water partition coefficient (Wildman–Crippen LogP) is 3.07. The van der Waals surface area contributed by atoms with Gasteiger partial charge in [-0.2, -0.15) is 0 Å². The summed E-state index contributed by atoms with van der Waals surface area (Å²) in [6.45, 7) is 2.81. The number of hydrogen-bond acceptors (Lipinski definition) is 2. The van der Waals surface area contributed by atoms with E-state index in [-0.39, 0.29) is 5.56 Å². The van der Waals surface area contributed by atoms with E-state index in [1.54, 1.807) is 29.9 Å². The average molecular weight is 307 g/mol. The minimum Gasteiger partial charge on any atom is -0.380 e. The van der Waals surface area contributed by atoms with Crippen molar-refractivity contribution < 1.29 is 0 Å². The van der Waals surface area contributed by atoms with Gasteiger partial charge in [-0.05, 0) is 30.2 Å². The minimum atomic E-state index is 0.0000335. The zero-order valence-electron chi connectivity index (χ0n) is 10.4. The van der Waals surface area contributed by atoms with Gasteiger partial charge in [0.2, 0.25) is 5.56 Å². The van der Waals surface area contributed by atoms with Crippen LogP contribution >= 0.6 is 15.9 Å². The first-order valence-electron chi connectivity index (χ1n) is 5.72. The molecule has 1 N–H and O–H groups in total. The van der Waals surface area contributed by atoms with E-state index in [4.69, 9.17) is 0 Å². The fraction of sp³-hybridized carbons (Fsp3) is 0.214. The molecule has 18 heavy (non-hydrogen) atoms. The van der Waals surface area contributed by atoms with Crippen LogP contribution in [0.25, 0.3) is 0 Å². The van der Waals surface area contributed by atoms with Gasteiger partial charge >= 0.3 is 0 Å². The zero-order valence-corrected chi connectivity index (χ0v) is 12.0. The van der Waals surface area contributed by atoms with E-state index in [0.29, 0.717) is 0 Å². The molecule has 2 rings (SSSR count). The van der Waals surface area contributed by atoms with Crippen LogP contribution in [0, 0.1) is 6.92 Å². The highest BCUT2D eigenvalue weighted by atomic mass is 79.9. The highest BCUT2D eigenvalue weighted by molar-refractivity contribution is 9.10. The molecule has 1 aromatic carbocycles. The smallest absolute Gasteiger partial charge is 0.250 e. The van der Waals surface area contributed by atoms with Crippen molar-refractivity contribution in [2.45, 2.75) is 13.5 Å². The van der Waals surface area contributed by atoms with E-state index in [0.717, 1.165) is 16.7 Å². The molecule has 2 aromatic rings. The molecule has 0 unspecified atom stereocenters. The topological polar surface area (TPSA) is 34.0 Å². The molecule has 1 aromatic heterocycles. The molecule has 0 fully saturated rings. The van der Waals surface area contributed by atoms with Crippen LogP contribution in [0.1, 0.15) is 11.1 Å². The number of pyridine rings is 1. The number of aryl methyl sites for hydroxylation is 2. The third-order valence-electron chi connectivity index (χ3n) is 2.80. The van der Waals surface area contributed by atoms with Gasteiger partial charge in [0.15, 0.2) is 0 Å². The van der Waals surface area contributed by atoms with Gasteiger partial charge in [-0.3, -0.25) is 4.79 Å². The summed E-state index contributed by atoms with van der Waals surface area (Å²) in [5.74, 6) is 0. The van der Waals surface area contributed by atoms with Crippen LogP contribution in [-0.2, 0) is 13.6 Å². The molecule has 0 bridgehead atoms. The van der Waals surface area contributed by atoms with E-state index in [2.05, 4.69) is 40.3 Å². The third kappa shape index (κ3) is 3.01. The van der Waals surface area contributed by atoms with Crippen LogP contribution < -0.4 is 10.9 Å². The molecule has 0 aliphatic heterocycles. The standard InChI is InChI=1S/C14H15BrN2O/c1-10-7-11(3-5-13(10)15)8-16-12-4-6-14(18)17(2)9-12/h3-7,9,16H,8H2,1-2H3. The Morgan fingerprint density at radius 2 is 2.06 bits per heavy atom. The number of nitrogens with zero attached hydrogens (tertiary/aromatic N) is 1. The van der Waals surface area contributed by atoms with Crippen molar-refractivity contribution in [2.24, 2.45) is 7.05 Å². The molecule has 0 amide bonds. The van der Waals surface area contributed by atoms with Crippen molar-refractivity contribution in [3.05, 3.63) is 62.5 Å². The average Bonchev–Trinajstić information content (AvgIpc) is 2.35. The number of halogens is 1. The Labute approximate surface area is 115 Å². The van der Waals surface area contributed by atoms with E-state index in [1.807, 2.05) is 6.07 Å². The Morgan fingerprint density at radius 1 is 1.28 bits per heavy atom. The van der Waals surface area contributed by atoms with Crippen molar-refractivity contribution in [1.82, 2.24) is 4.57 Å². The molecule has 0 saturated carbocycles. The maximum Gasteiger partial charge on any atom is 0.250 e. The first-order chi connectivity index (χ1) is 8.56. The number of aromatic nitrogens is 1. The van der Waals surface area contributed by atoms with Gasteiger partial charge in [-0.1, -0.05) is 28.1 Å². The molecule has 0 aliphatic rings. The summed E-state index contributed by atoms with van der Waals surface area (Å²) in [6.07, 6.45) is 1.80.